The van der Waals surface area contributed by atoms with Gasteiger partial charge in [-0.1, -0.05) is 36.4 Å². The number of nitrogens with one attached hydrogen (secondary N) is 1. The van der Waals surface area contributed by atoms with Crippen molar-refractivity contribution >= 4 is 49.6 Å². The molecule has 0 bridgehead atoms. The Bertz CT molecular complexity index is 1200. The molecule has 1 aliphatic heterocycles. The summed E-state index contributed by atoms with van der Waals surface area (Å²) in [6.45, 7) is 0.806. The number of hydrazine groups is 1. The SMILES string of the molecule is CS(=O)(=O)c1ccc(C(=O)N2CCCN2C(=O)Nc2cccc3ccccc23)s1. The number of fused-ring (bicyclic) bond motifs is 1. The van der Waals surface area contributed by atoms with Crippen molar-refractivity contribution < 1.29 is 18.0 Å². The van der Waals surface area contributed by atoms with Crippen LogP contribution in [0, 0.1) is 0 Å². The normalized spacial score (nSPS) is 14.4. The highest BCUT2D eigenvalue weighted by molar-refractivity contribution is 7.92. The molecule has 0 unspecified atom stereocenters. The van der Waals surface area contributed by atoms with E-state index in [-0.39, 0.29) is 15.0 Å². The number of urea groups is 1. The Balaban J connectivity index is 1.55. The van der Waals surface area contributed by atoms with Gasteiger partial charge in [0.1, 0.15) is 4.21 Å². The zero-order chi connectivity index (χ0) is 20.6. The van der Waals surface area contributed by atoms with Crippen LogP contribution in [0.5, 0.6) is 0 Å². The maximum atomic E-state index is 12.9. The Morgan fingerprint density at radius 2 is 1.69 bits per heavy atom. The molecule has 4 rings (SSSR count). The van der Waals surface area contributed by atoms with E-state index < -0.39 is 15.9 Å². The van der Waals surface area contributed by atoms with Gasteiger partial charge in [-0.2, -0.15) is 0 Å². The molecule has 2 heterocycles. The summed E-state index contributed by atoms with van der Waals surface area (Å²) in [5.41, 5.74) is 0.669. The van der Waals surface area contributed by atoms with Crippen molar-refractivity contribution in [2.75, 3.05) is 24.7 Å². The average molecular weight is 430 g/mol. The second-order valence-electron chi connectivity index (χ2n) is 6.75. The highest BCUT2D eigenvalue weighted by Gasteiger charge is 2.32. The fraction of sp³-hybridized carbons (Fsp3) is 0.200. The Morgan fingerprint density at radius 3 is 2.45 bits per heavy atom. The van der Waals surface area contributed by atoms with Crippen LogP contribution >= 0.6 is 11.3 Å². The smallest absolute Gasteiger partial charge is 0.306 e. The van der Waals surface area contributed by atoms with Crippen LogP contribution in [0.2, 0.25) is 0 Å². The van der Waals surface area contributed by atoms with Crippen LogP contribution in [0.1, 0.15) is 16.1 Å². The van der Waals surface area contributed by atoms with Gasteiger partial charge in [0.25, 0.3) is 5.91 Å². The number of amides is 3. The summed E-state index contributed by atoms with van der Waals surface area (Å²) in [5, 5.41) is 7.57. The Morgan fingerprint density at radius 1 is 0.966 bits per heavy atom. The molecule has 150 valence electrons. The lowest BCUT2D eigenvalue weighted by Gasteiger charge is -2.27. The van der Waals surface area contributed by atoms with Gasteiger partial charge in [-0.3, -0.25) is 4.79 Å². The van der Waals surface area contributed by atoms with Crippen LogP contribution in [0.3, 0.4) is 0 Å². The zero-order valence-corrected chi connectivity index (χ0v) is 17.3. The fourth-order valence-electron chi connectivity index (χ4n) is 3.31. The fourth-order valence-corrected chi connectivity index (χ4v) is 5.18. The monoisotopic (exact) mass is 429 g/mol. The maximum Gasteiger partial charge on any atom is 0.340 e. The quantitative estimate of drug-likeness (QED) is 0.689. The second-order valence-corrected chi connectivity index (χ2v) is 10.1. The topological polar surface area (TPSA) is 86.8 Å². The van der Waals surface area contributed by atoms with E-state index in [2.05, 4.69) is 5.32 Å². The number of anilines is 1. The van der Waals surface area contributed by atoms with Gasteiger partial charge in [0.05, 0.1) is 10.6 Å². The zero-order valence-electron chi connectivity index (χ0n) is 15.7. The van der Waals surface area contributed by atoms with E-state index in [4.69, 9.17) is 0 Å². The van der Waals surface area contributed by atoms with Crippen molar-refractivity contribution in [1.82, 2.24) is 10.0 Å². The van der Waals surface area contributed by atoms with E-state index in [0.717, 1.165) is 28.4 Å². The van der Waals surface area contributed by atoms with Crippen LogP contribution in [0.15, 0.2) is 58.8 Å². The number of rotatable bonds is 3. The van der Waals surface area contributed by atoms with E-state index in [1.54, 1.807) is 0 Å². The third-order valence-corrected chi connectivity index (χ3v) is 7.58. The van der Waals surface area contributed by atoms with E-state index >= 15 is 0 Å². The molecular formula is C20H19N3O4S2. The lowest BCUT2D eigenvalue weighted by atomic mass is 10.1. The summed E-state index contributed by atoms with van der Waals surface area (Å²) < 4.78 is 23.5. The van der Waals surface area contributed by atoms with Crippen molar-refractivity contribution in [3.63, 3.8) is 0 Å². The summed E-state index contributed by atoms with van der Waals surface area (Å²) in [5.74, 6) is -0.379. The second kappa shape index (κ2) is 7.49. The third kappa shape index (κ3) is 3.83. The van der Waals surface area contributed by atoms with Crippen LogP contribution in [0.4, 0.5) is 10.5 Å². The highest BCUT2D eigenvalue weighted by Crippen LogP contribution is 2.27. The molecular weight excluding hydrogens is 410 g/mol. The Kier molecular flexibility index (Phi) is 5.01. The first-order chi connectivity index (χ1) is 13.8. The van der Waals surface area contributed by atoms with Gasteiger partial charge in [0.2, 0.25) is 0 Å². The Labute approximate surface area is 172 Å². The molecule has 0 saturated carbocycles. The van der Waals surface area contributed by atoms with Gasteiger partial charge in [0.15, 0.2) is 9.84 Å². The maximum absolute atomic E-state index is 12.9. The molecule has 0 aliphatic carbocycles. The summed E-state index contributed by atoms with van der Waals surface area (Å²) in [6.07, 6.45) is 1.76. The molecule has 7 nitrogen and oxygen atoms in total. The molecule has 2 aromatic carbocycles. The molecule has 9 heteroatoms. The minimum atomic E-state index is -3.38. The van der Waals surface area contributed by atoms with Gasteiger partial charge in [-0.05, 0) is 30.0 Å². The van der Waals surface area contributed by atoms with Crippen molar-refractivity contribution in [3.8, 4) is 0 Å². The van der Waals surface area contributed by atoms with Gasteiger partial charge < -0.3 is 5.32 Å². The number of hydrogen-bond acceptors (Lipinski definition) is 5. The van der Waals surface area contributed by atoms with E-state index in [0.29, 0.717) is 25.2 Å². The molecule has 1 aromatic heterocycles. The van der Waals surface area contributed by atoms with Crippen LogP contribution in [-0.2, 0) is 9.84 Å². The minimum absolute atomic E-state index is 0.131. The molecule has 1 saturated heterocycles. The summed E-state index contributed by atoms with van der Waals surface area (Å²) in [4.78, 5) is 26.1. The van der Waals surface area contributed by atoms with Crippen molar-refractivity contribution in [2.24, 2.45) is 0 Å². The lowest BCUT2D eigenvalue weighted by molar-refractivity contribution is 0.0409. The summed E-state index contributed by atoms with van der Waals surface area (Å²) >= 11 is 0.917. The van der Waals surface area contributed by atoms with E-state index in [1.165, 1.54) is 22.2 Å². The predicted molar refractivity (Wildman–Crippen MR) is 113 cm³/mol. The molecule has 29 heavy (non-hydrogen) atoms. The number of hydrogen-bond donors (Lipinski definition) is 1. The van der Waals surface area contributed by atoms with Gasteiger partial charge >= 0.3 is 6.03 Å². The molecule has 1 fully saturated rings. The number of sulfone groups is 1. The minimum Gasteiger partial charge on any atom is -0.306 e. The standard InChI is InChI=1S/C20H19N3O4S2/c1-29(26,27)18-11-10-17(28-18)19(24)22-12-5-13-23(22)20(25)21-16-9-4-7-14-6-2-3-8-15(14)16/h2-4,6-11H,5,12-13H2,1H3,(H,21,25). The van der Waals surface area contributed by atoms with Crippen LogP contribution in [-0.4, -0.2) is 49.7 Å². The molecule has 3 amide bonds. The number of thiophene rings is 1. The molecule has 0 spiro atoms. The van der Waals surface area contributed by atoms with Crippen LogP contribution in [0.25, 0.3) is 10.8 Å². The van der Waals surface area contributed by atoms with Crippen molar-refractivity contribution in [1.29, 1.82) is 0 Å². The van der Waals surface area contributed by atoms with Crippen molar-refractivity contribution in [2.45, 2.75) is 10.6 Å². The first-order valence-corrected chi connectivity index (χ1v) is 11.7. The van der Waals surface area contributed by atoms with Crippen LogP contribution < -0.4 is 5.32 Å². The average Bonchev–Trinajstić information content (AvgIpc) is 3.37. The predicted octanol–water partition coefficient (Wildman–Crippen LogP) is 3.60. The Hall–Kier alpha value is -2.91. The summed E-state index contributed by atoms with van der Waals surface area (Å²) in [6, 6.07) is 15.9. The first kappa shape index (κ1) is 19.4. The number of carbonyl (C=O) groups is 2. The van der Waals surface area contributed by atoms with Gasteiger partial charge in [-0.25, -0.2) is 23.2 Å². The highest BCUT2D eigenvalue weighted by atomic mass is 32.2. The first-order valence-electron chi connectivity index (χ1n) is 9.02. The molecule has 0 atom stereocenters. The molecule has 1 N–H and O–H groups in total. The third-order valence-electron chi connectivity index (χ3n) is 4.69. The number of carbonyl (C=O) groups excluding carboxylic acids is 2. The van der Waals surface area contributed by atoms with Gasteiger partial charge in [0, 0.05) is 24.7 Å². The largest absolute Gasteiger partial charge is 0.340 e. The number of benzene rings is 2. The number of nitrogens with zero attached hydrogens (tertiary/aromatic N) is 2. The van der Waals surface area contributed by atoms with E-state index in [1.807, 2.05) is 42.5 Å². The molecule has 3 aromatic rings. The van der Waals surface area contributed by atoms with Gasteiger partial charge in [-0.15, -0.1) is 11.3 Å². The van der Waals surface area contributed by atoms with E-state index in [9.17, 15) is 18.0 Å². The molecule has 0 radical (unpaired) electrons. The van der Waals surface area contributed by atoms with Crippen molar-refractivity contribution in [3.05, 3.63) is 59.5 Å². The lowest BCUT2D eigenvalue weighted by Crippen LogP contribution is -2.46. The summed E-state index contributed by atoms with van der Waals surface area (Å²) in [7, 11) is -3.38. The molecule has 1 aliphatic rings.